The highest BCUT2D eigenvalue weighted by molar-refractivity contribution is 5.85. The van der Waals surface area contributed by atoms with Crippen LogP contribution in [0.2, 0.25) is 0 Å². The second kappa shape index (κ2) is 7.84. The number of piperidine rings is 1. The van der Waals surface area contributed by atoms with Gasteiger partial charge in [0.15, 0.2) is 0 Å². The summed E-state index contributed by atoms with van der Waals surface area (Å²) in [6.45, 7) is 1.55. The molecule has 5 nitrogen and oxygen atoms in total. The molecule has 1 saturated heterocycles. The minimum Gasteiger partial charge on any atom is -0.370 e. The molecule has 2 saturated carbocycles. The Hall–Kier alpha value is -0.810. The van der Waals surface area contributed by atoms with Gasteiger partial charge in [-0.15, -0.1) is 12.4 Å². The van der Waals surface area contributed by atoms with Gasteiger partial charge in [-0.25, -0.2) is 0 Å². The van der Waals surface area contributed by atoms with E-state index in [-0.39, 0.29) is 30.2 Å². The molecule has 0 spiro atoms. The van der Waals surface area contributed by atoms with Gasteiger partial charge in [-0.1, -0.05) is 6.42 Å². The monoisotopic (exact) mass is 343 g/mol. The smallest absolute Gasteiger partial charge is 0.225 e. The molecule has 3 atom stereocenters. The number of carbonyl (C=O) groups excluding carboxylic acids is 2. The summed E-state index contributed by atoms with van der Waals surface area (Å²) < 4.78 is 0. The van der Waals surface area contributed by atoms with Crippen LogP contribution in [0.1, 0.15) is 51.4 Å². The molecule has 2 aliphatic carbocycles. The molecular formula is C17H30ClN3O2. The highest BCUT2D eigenvalue weighted by atomic mass is 35.5. The molecule has 23 heavy (non-hydrogen) atoms. The van der Waals surface area contributed by atoms with Gasteiger partial charge in [-0.2, -0.15) is 0 Å². The number of hydrogen-bond donors (Lipinski definition) is 2. The summed E-state index contributed by atoms with van der Waals surface area (Å²) in [7, 11) is 0. The maximum absolute atomic E-state index is 12.9. The van der Waals surface area contributed by atoms with Crippen LogP contribution in [-0.4, -0.2) is 35.8 Å². The largest absolute Gasteiger partial charge is 0.370 e. The summed E-state index contributed by atoms with van der Waals surface area (Å²) in [5.41, 5.74) is 11.6. The summed E-state index contributed by atoms with van der Waals surface area (Å²) in [5, 5.41) is 0. The second-order valence-electron chi connectivity index (χ2n) is 7.66. The third-order valence-corrected chi connectivity index (χ3v) is 6.08. The molecule has 1 heterocycles. The molecule has 2 amide bonds. The van der Waals surface area contributed by atoms with E-state index in [0.29, 0.717) is 36.8 Å². The number of hydrogen-bond acceptors (Lipinski definition) is 3. The van der Waals surface area contributed by atoms with Gasteiger partial charge in [-0.05, 0) is 56.3 Å². The van der Waals surface area contributed by atoms with Crippen molar-refractivity contribution in [2.24, 2.45) is 35.1 Å². The Labute approximate surface area is 144 Å². The second-order valence-corrected chi connectivity index (χ2v) is 7.66. The summed E-state index contributed by atoms with van der Waals surface area (Å²) in [6.07, 6.45) is 7.98. The molecule has 4 N–H and O–H groups in total. The van der Waals surface area contributed by atoms with Gasteiger partial charge in [0, 0.05) is 31.5 Å². The van der Waals surface area contributed by atoms with E-state index in [1.165, 1.54) is 19.3 Å². The van der Waals surface area contributed by atoms with Crippen molar-refractivity contribution in [2.45, 2.75) is 57.4 Å². The van der Waals surface area contributed by atoms with E-state index in [9.17, 15) is 9.59 Å². The Bertz CT molecular complexity index is 432. The molecule has 0 radical (unpaired) electrons. The minimum absolute atomic E-state index is 0. The molecule has 2 bridgehead atoms. The standard InChI is InChI=1S/C17H29N3O2.ClH/c18-15(21)7-11-3-2-6-20(10-11)17(22)14-8-12-4-1-5-13(9-14)16(12)19;/h11-14,16H,1-10,19H2,(H2,18,21);1H. The number of fused-ring (bicyclic) bond motifs is 2. The van der Waals surface area contributed by atoms with E-state index in [2.05, 4.69) is 0 Å². The Morgan fingerprint density at radius 2 is 1.70 bits per heavy atom. The highest BCUT2D eigenvalue weighted by Crippen LogP contribution is 2.42. The molecule has 0 aromatic heterocycles. The topological polar surface area (TPSA) is 89.4 Å². The van der Waals surface area contributed by atoms with Crippen molar-refractivity contribution in [3.05, 3.63) is 0 Å². The third-order valence-electron chi connectivity index (χ3n) is 6.08. The van der Waals surface area contributed by atoms with Crippen molar-refractivity contribution in [3.8, 4) is 0 Å². The number of nitrogens with zero attached hydrogens (tertiary/aromatic N) is 1. The maximum Gasteiger partial charge on any atom is 0.225 e. The summed E-state index contributed by atoms with van der Waals surface area (Å²) in [5.74, 6) is 1.53. The van der Waals surface area contributed by atoms with E-state index >= 15 is 0 Å². The van der Waals surface area contributed by atoms with Crippen molar-refractivity contribution in [2.75, 3.05) is 13.1 Å². The number of rotatable bonds is 3. The van der Waals surface area contributed by atoms with Crippen molar-refractivity contribution in [1.29, 1.82) is 0 Å². The lowest BCUT2D eigenvalue weighted by Gasteiger charge is -2.45. The molecule has 1 aliphatic heterocycles. The highest BCUT2D eigenvalue weighted by Gasteiger charge is 2.42. The molecule has 132 valence electrons. The van der Waals surface area contributed by atoms with Crippen LogP contribution in [0.3, 0.4) is 0 Å². The first kappa shape index (κ1) is 18.5. The van der Waals surface area contributed by atoms with E-state index in [1.54, 1.807) is 0 Å². The molecule has 6 heteroatoms. The van der Waals surface area contributed by atoms with Crippen molar-refractivity contribution < 1.29 is 9.59 Å². The Kier molecular flexibility index (Phi) is 6.32. The molecule has 0 aromatic carbocycles. The number of likely N-dealkylation sites (tertiary alicyclic amines) is 1. The Morgan fingerprint density at radius 3 is 2.30 bits per heavy atom. The van der Waals surface area contributed by atoms with Gasteiger partial charge in [0.25, 0.3) is 0 Å². The quantitative estimate of drug-likeness (QED) is 0.816. The van der Waals surface area contributed by atoms with Crippen LogP contribution in [0.15, 0.2) is 0 Å². The molecule has 3 aliphatic rings. The van der Waals surface area contributed by atoms with Crippen LogP contribution in [0.5, 0.6) is 0 Å². The fourth-order valence-corrected chi connectivity index (χ4v) is 4.97. The third kappa shape index (κ3) is 4.18. The number of halogens is 1. The number of primary amides is 1. The van der Waals surface area contributed by atoms with E-state index in [1.807, 2.05) is 4.90 Å². The number of carbonyl (C=O) groups is 2. The van der Waals surface area contributed by atoms with E-state index in [4.69, 9.17) is 11.5 Å². The van der Waals surface area contributed by atoms with Crippen LogP contribution in [0.4, 0.5) is 0 Å². The van der Waals surface area contributed by atoms with Crippen molar-refractivity contribution >= 4 is 24.2 Å². The first-order chi connectivity index (χ1) is 10.5. The molecular weight excluding hydrogens is 314 g/mol. The average Bonchev–Trinajstić information content (AvgIpc) is 2.46. The van der Waals surface area contributed by atoms with Crippen molar-refractivity contribution in [3.63, 3.8) is 0 Å². The fourth-order valence-electron chi connectivity index (χ4n) is 4.97. The Morgan fingerprint density at radius 1 is 1.04 bits per heavy atom. The molecule has 3 unspecified atom stereocenters. The van der Waals surface area contributed by atoms with E-state index in [0.717, 1.165) is 32.2 Å². The van der Waals surface area contributed by atoms with Crippen LogP contribution in [0.25, 0.3) is 0 Å². The average molecular weight is 344 g/mol. The van der Waals surface area contributed by atoms with Gasteiger partial charge < -0.3 is 16.4 Å². The predicted molar refractivity (Wildman–Crippen MR) is 91.9 cm³/mol. The summed E-state index contributed by atoms with van der Waals surface area (Å²) in [6, 6.07) is 0.307. The lowest BCUT2D eigenvalue weighted by Crippen LogP contribution is -2.51. The SMILES string of the molecule is Cl.NC(=O)CC1CCCN(C(=O)C2CC3CCCC(C2)C3N)C1. The van der Waals surface area contributed by atoms with Crippen LogP contribution in [-0.2, 0) is 9.59 Å². The first-order valence-corrected chi connectivity index (χ1v) is 8.87. The van der Waals surface area contributed by atoms with Crippen LogP contribution < -0.4 is 11.5 Å². The summed E-state index contributed by atoms with van der Waals surface area (Å²) >= 11 is 0. The zero-order chi connectivity index (χ0) is 15.7. The number of amides is 2. The minimum atomic E-state index is -0.252. The normalized spacial score (nSPS) is 36.9. The summed E-state index contributed by atoms with van der Waals surface area (Å²) in [4.78, 5) is 26.0. The number of nitrogens with two attached hydrogens (primary N) is 2. The van der Waals surface area contributed by atoms with Gasteiger partial charge in [0.1, 0.15) is 0 Å². The van der Waals surface area contributed by atoms with Crippen LogP contribution >= 0.6 is 12.4 Å². The van der Waals surface area contributed by atoms with Gasteiger partial charge >= 0.3 is 0 Å². The van der Waals surface area contributed by atoms with Crippen LogP contribution in [0, 0.1) is 23.7 Å². The lowest BCUT2D eigenvalue weighted by molar-refractivity contribution is -0.141. The fraction of sp³-hybridized carbons (Fsp3) is 0.882. The van der Waals surface area contributed by atoms with Gasteiger partial charge in [-0.3, -0.25) is 9.59 Å². The molecule has 3 rings (SSSR count). The lowest BCUT2D eigenvalue weighted by atomic mass is 9.65. The van der Waals surface area contributed by atoms with Gasteiger partial charge in [0.2, 0.25) is 11.8 Å². The van der Waals surface area contributed by atoms with E-state index < -0.39 is 0 Å². The first-order valence-electron chi connectivity index (χ1n) is 8.87. The predicted octanol–water partition coefficient (Wildman–Crippen LogP) is 1.68. The zero-order valence-electron chi connectivity index (χ0n) is 13.8. The molecule has 0 aromatic rings. The van der Waals surface area contributed by atoms with Gasteiger partial charge in [0.05, 0.1) is 0 Å². The Balaban J connectivity index is 0.00000192. The zero-order valence-corrected chi connectivity index (χ0v) is 14.6. The maximum atomic E-state index is 12.9. The molecule has 3 fully saturated rings. The van der Waals surface area contributed by atoms with Crippen molar-refractivity contribution in [1.82, 2.24) is 4.90 Å².